The van der Waals surface area contributed by atoms with E-state index in [2.05, 4.69) is 33.0 Å². The zero-order chi connectivity index (χ0) is 17.1. The number of ether oxygens (including phenoxy) is 1. The fourth-order valence-corrected chi connectivity index (χ4v) is 3.94. The average Bonchev–Trinajstić information content (AvgIpc) is 3.27. The Hall–Kier alpha value is -1.40. The lowest BCUT2D eigenvalue weighted by atomic mass is 10.1. The van der Waals surface area contributed by atoms with Gasteiger partial charge in [-0.3, -0.25) is 14.4 Å². The van der Waals surface area contributed by atoms with E-state index in [9.17, 15) is 4.79 Å². The number of rotatable bonds is 6. The predicted octanol–water partition coefficient (Wildman–Crippen LogP) is 1.65. The normalized spacial score (nSPS) is 26.0. The highest BCUT2D eigenvalue weighted by Gasteiger charge is 2.32. The van der Waals surface area contributed by atoms with Crippen molar-refractivity contribution in [3.63, 3.8) is 0 Å². The van der Waals surface area contributed by atoms with Crippen molar-refractivity contribution in [2.45, 2.75) is 71.2 Å². The molecule has 3 atom stereocenters. The van der Waals surface area contributed by atoms with E-state index in [0.29, 0.717) is 12.6 Å². The van der Waals surface area contributed by atoms with Crippen molar-refractivity contribution in [3.05, 3.63) is 17.5 Å². The summed E-state index contributed by atoms with van der Waals surface area (Å²) in [5.74, 6) is 0.116. The molecule has 2 saturated heterocycles. The topological polar surface area (TPSA) is 59.4 Å². The lowest BCUT2D eigenvalue weighted by Crippen LogP contribution is -2.49. The molecule has 0 bridgehead atoms. The van der Waals surface area contributed by atoms with Crippen LogP contribution in [-0.2, 0) is 16.1 Å². The molecule has 2 fully saturated rings. The molecule has 1 N–H and O–H groups in total. The van der Waals surface area contributed by atoms with Crippen molar-refractivity contribution in [1.29, 1.82) is 0 Å². The number of hydrogen-bond acceptors (Lipinski definition) is 4. The van der Waals surface area contributed by atoms with Crippen molar-refractivity contribution in [2.24, 2.45) is 0 Å². The van der Waals surface area contributed by atoms with E-state index in [1.54, 1.807) is 0 Å². The molecular weight excluding hydrogens is 304 g/mol. The van der Waals surface area contributed by atoms with Crippen LogP contribution >= 0.6 is 0 Å². The molecule has 0 saturated carbocycles. The van der Waals surface area contributed by atoms with Crippen LogP contribution in [0.25, 0.3) is 0 Å². The van der Waals surface area contributed by atoms with Crippen LogP contribution < -0.4 is 5.32 Å². The minimum absolute atomic E-state index is 0.101. The first-order chi connectivity index (χ1) is 11.5. The third-order valence-electron chi connectivity index (χ3n) is 5.31. The number of carbonyl (C=O) groups is 1. The second-order valence-corrected chi connectivity index (χ2v) is 7.20. The molecule has 2 aliphatic heterocycles. The molecule has 0 spiro atoms. The van der Waals surface area contributed by atoms with Crippen LogP contribution in [0.15, 0.2) is 6.07 Å². The van der Waals surface area contributed by atoms with Gasteiger partial charge < -0.3 is 10.1 Å². The zero-order valence-electron chi connectivity index (χ0n) is 15.1. The number of carbonyl (C=O) groups excluding carboxylic acids is 1. The maximum Gasteiger partial charge on any atom is 0.237 e. The number of amides is 1. The largest absolute Gasteiger partial charge is 0.376 e. The summed E-state index contributed by atoms with van der Waals surface area (Å²) in [6.45, 7) is 9.45. The fourth-order valence-electron chi connectivity index (χ4n) is 3.94. The van der Waals surface area contributed by atoms with E-state index in [4.69, 9.17) is 4.74 Å². The van der Waals surface area contributed by atoms with E-state index in [0.717, 1.165) is 51.1 Å². The van der Waals surface area contributed by atoms with Crippen molar-refractivity contribution in [3.8, 4) is 0 Å². The zero-order valence-corrected chi connectivity index (χ0v) is 15.1. The van der Waals surface area contributed by atoms with E-state index in [-0.39, 0.29) is 18.1 Å². The van der Waals surface area contributed by atoms with E-state index >= 15 is 0 Å². The van der Waals surface area contributed by atoms with Crippen molar-refractivity contribution in [1.82, 2.24) is 20.0 Å². The van der Waals surface area contributed by atoms with Gasteiger partial charge in [0.25, 0.3) is 0 Å². The van der Waals surface area contributed by atoms with Crippen LogP contribution in [0.2, 0.25) is 0 Å². The molecule has 6 heteroatoms. The molecule has 24 heavy (non-hydrogen) atoms. The van der Waals surface area contributed by atoms with Gasteiger partial charge in [-0.15, -0.1) is 0 Å². The number of nitrogens with zero attached hydrogens (tertiary/aromatic N) is 3. The van der Waals surface area contributed by atoms with Gasteiger partial charge >= 0.3 is 0 Å². The third-order valence-corrected chi connectivity index (χ3v) is 5.31. The lowest BCUT2D eigenvalue weighted by Gasteiger charge is -2.30. The van der Waals surface area contributed by atoms with Crippen LogP contribution in [-0.4, -0.2) is 58.5 Å². The summed E-state index contributed by atoms with van der Waals surface area (Å²) in [6, 6.07) is 2.39. The van der Waals surface area contributed by atoms with Gasteiger partial charge in [-0.25, -0.2) is 0 Å². The smallest absolute Gasteiger partial charge is 0.237 e. The van der Waals surface area contributed by atoms with Gasteiger partial charge in [-0.2, -0.15) is 5.10 Å². The van der Waals surface area contributed by atoms with Gasteiger partial charge in [0.1, 0.15) is 0 Å². The van der Waals surface area contributed by atoms with Crippen LogP contribution in [0, 0.1) is 13.8 Å². The second kappa shape index (κ2) is 7.66. The van der Waals surface area contributed by atoms with Crippen molar-refractivity contribution < 1.29 is 9.53 Å². The quantitative estimate of drug-likeness (QED) is 0.859. The van der Waals surface area contributed by atoms with Gasteiger partial charge in [-0.1, -0.05) is 0 Å². The Kier molecular flexibility index (Phi) is 5.56. The molecule has 134 valence electrons. The van der Waals surface area contributed by atoms with Gasteiger partial charge in [0.05, 0.1) is 24.4 Å². The molecule has 3 heterocycles. The highest BCUT2D eigenvalue weighted by molar-refractivity contribution is 5.81. The summed E-state index contributed by atoms with van der Waals surface area (Å²) < 4.78 is 7.66. The standard InChI is InChI=1S/C18H30N4O2/c1-13-10-14(2)22(20-13)12-16-6-4-8-21(16)15(3)18(23)19-11-17-7-5-9-24-17/h10,15-17H,4-9,11-12H2,1-3H3,(H,19,23)/t15-,16+,17+/m1/s1. The Labute approximate surface area is 144 Å². The molecular formula is C18H30N4O2. The monoisotopic (exact) mass is 334 g/mol. The number of likely N-dealkylation sites (tertiary alicyclic amines) is 1. The van der Waals surface area contributed by atoms with E-state index in [1.807, 2.05) is 13.8 Å². The van der Waals surface area contributed by atoms with Crippen LogP contribution in [0.3, 0.4) is 0 Å². The molecule has 1 aromatic rings. The van der Waals surface area contributed by atoms with Crippen LogP contribution in [0.5, 0.6) is 0 Å². The second-order valence-electron chi connectivity index (χ2n) is 7.20. The molecule has 2 aliphatic rings. The SMILES string of the molecule is Cc1cc(C)n(C[C@@H]2CCCN2[C@H](C)C(=O)NC[C@@H]2CCCO2)n1. The Balaban J connectivity index is 1.55. The molecule has 1 amide bonds. The van der Waals surface area contributed by atoms with Crippen LogP contribution in [0.1, 0.15) is 44.0 Å². The first kappa shape index (κ1) is 17.4. The first-order valence-electron chi connectivity index (χ1n) is 9.20. The minimum Gasteiger partial charge on any atom is -0.376 e. The van der Waals surface area contributed by atoms with Gasteiger partial charge in [0, 0.05) is 24.9 Å². The summed E-state index contributed by atoms with van der Waals surface area (Å²) >= 11 is 0. The van der Waals surface area contributed by atoms with Gasteiger partial charge in [-0.05, 0) is 59.1 Å². The maximum atomic E-state index is 12.5. The lowest BCUT2D eigenvalue weighted by molar-refractivity contribution is -0.126. The Morgan fingerprint density at radius 2 is 2.25 bits per heavy atom. The predicted molar refractivity (Wildman–Crippen MR) is 92.9 cm³/mol. The number of hydrogen-bond donors (Lipinski definition) is 1. The number of aromatic nitrogens is 2. The molecule has 6 nitrogen and oxygen atoms in total. The number of aryl methyl sites for hydroxylation is 2. The molecule has 0 radical (unpaired) electrons. The van der Waals surface area contributed by atoms with Gasteiger partial charge in [0.15, 0.2) is 0 Å². The third kappa shape index (κ3) is 3.98. The Morgan fingerprint density at radius 1 is 1.42 bits per heavy atom. The highest BCUT2D eigenvalue weighted by atomic mass is 16.5. The van der Waals surface area contributed by atoms with Crippen molar-refractivity contribution in [2.75, 3.05) is 19.7 Å². The number of nitrogens with one attached hydrogen (secondary N) is 1. The van der Waals surface area contributed by atoms with Crippen LogP contribution in [0.4, 0.5) is 0 Å². The van der Waals surface area contributed by atoms with E-state index < -0.39 is 0 Å². The maximum absolute atomic E-state index is 12.5. The molecule has 0 aliphatic carbocycles. The summed E-state index contributed by atoms with van der Waals surface area (Å²) in [6.07, 6.45) is 4.63. The summed E-state index contributed by atoms with van der Waals surface area (Å²) in [5.41, 5.74) is 2.24. The summed E-state index contributed by atoms with van der Waals surface area (Å²) in [4.78, 5) is 14.9. The fraction of sp³-hybridized carbons (Fsp3) is 0.778. The Bertz CT molecular complexity index is 565. The minimum atomic E-state index is -0.101. The Morgan fingerprint density at radius 3 is 2.92 bits per heavy atom. The summed E-state index contributed by atoms with van der Waals surface area (Å²) in [7, 11) is 0. The molecule has 3 rings (SSSR count). The molecule has 1 aromatic heterocycles. The highest BCUT2D eigenvalue weighted by Crippen LogP contribution is 2.22. The van der Waals surface area contributed by atoms with Gasteiger partial charge in [0.2, 0.25) is 5.91 Å². The van der Waals surface area contributed by atoms with Crippen molar-refractivity contribution >= 4 is 5.91 Å². The summed E-state index contributed by atoms with van der Waals surface area (Å²) in [5, 5.41) is 7.65. The average molecular weight is 334 g/mol. The first-order valence-corrected chi connectivity index (χ1v) is 9.20. The molecule has 0 unspecified atom stereocenters. The van der Waals surface area contributed by atoms with E-state index in [1.165, 1.54) is 5.69 Å². The molecule has 0 aromatic carbocycles.